The summed E-state index contributed by atoms with van der Waals surface area (Å²) in [6.45, 7) is 0. The molecule has 0 radical (unpaired) electrons. The van der Waals surface area contributed by atoms with Gasteiger partial charge >= 0.3 is 11.9 Å². The average molecular weight is 590 g/mol. The highest BCUT2D eigenvalue weighted by atomic mass is 35.5. The zero-order chi connectivity index (χ0) is 27.4. The summed E-state index contributed by atoms with van der Waals surface area (Å²) in [7, 11) is 0. The molecule has 194 valence electrons. The zero-order valence-electron chi connectivity index (χ0n) is 19.5. The third kappa shape index (κ3) is 6.17. The number of hydrogen-bond donors (Lipinski definition) is 4. The van der Waals surface area contributed by atoms with Crippen LogP contribution in [-0.4, -0.2) is 22.2 Å². The molecule has 4 rings (SSSR count). The molecular formula is C28H20Cl4N2O4. The fraction of sp³-hybridized carbons (Fsp3) is 0.0714. The molecule has 10 heteroatoms. The van der Waals surface area contributed by atoms with Gasteiger partial charge in [0.2, 0.25) is 0 Å². The van der Waals surface area contributed by atoms with Crippen LogP contribution in [0.5, 0.6) is 0 Å². The van der Waals surface area contributed by atoms with Crippen molar-refractivity contribution in [3.63, 3.8) is 0 Å². The van der Waals surface area contributed by atoms with Gasteiger partial charge in [-0.2, -0.15) is 0 Å². The van der Waals surface area contributed by atoms with Crippen LogP contribution in [0.3, 0.4) is 0 Å². The molecule has 0 saturated heterocycles. The lowest BCUT2D eigenvalue weighted by Crippen LogP contribution is -2.16. The maximum absolute atomic E-state index is 12.6. The number of anilines is 4. The number of hydrogen-bond acceptors (Lipinski definition) is 4. The van der Waals surface area contributed by atoms with Crippen LogP contribution in [-0.2, 0) is 16.0 Å². The third-order valence-corrected chi connectivity index (χ3v) is 7.03. The van der Waals surface area contributed by atoms with E-state index in [-0.39, 0.29) is 6.42 Å². The van der Waals surface area contributed by atoms with Crippen LogP contribution in [0.4, 0.5) is 22.7 Å². The van der Waals surface area contributed by atoms with E-state index in [1.54, 1.807) is 78.9 Å². The van der Waals surface area contributed by atoms with Gasteiger partial charge in [-0.05, 0) is 53.1 Å². The number of carboxylic acids is 2. The van der Waals surface area contributed by atoms with Gasteiger partial charge in [-0.3, -0.25) is 9.59 Å². The van der Waals surface area contributed by atoms with Gasteiger partial charge in [-0.15, -0.1) is 0 Å². The number of para-hydroxylation sites is 3. The molecule has 1 atom stereocenters. The van der Waals surface area contributed by atoms with Gasteiger partial charge in [-0.1, -0.05) is 88.9 Å². The first kappa shape index (κ1) is 27.6. The summed E-state index contributed by atoms with van der Waals surface area (Å²) in [5.74, 6) is -3.34. The maximum atomic E-state index is 12.6. The predicted octanol–water partition coefficient (Wildman–Crippen LogP) is 8.63. The van der Waals surface area contributed by atoms with Gasteiger partial charge < -0.3 is 20.8 Å². The summed E-state index contributed by atoms with van der Waals surface area (Å²) >= 11 is 25.2. The van der Waals surface area contributed by atoms with Gasteiger partial charge in [0.25, 0.3) is 0 Å². The molecule has 0 amide bonds. The minimum atomic E-state index is -1.13. The largest absolute Gasteiger partial charge is 0.481 e. The van der Waals surface area contributed by atoms with Gasteiger partial charge in [-0.25, -0.2) is 0 Å². The van der Waals surface area contributed by atoms with Crippen LogP contribution < -0.4 is 10.6 Å². The van der Waals surface area contributed by atoms with Gasteiger partial charge in [0.15, 0.2) is 0 Å². The second-order valence-corrected chi connectivity index (χ2v) is 9.92. The minimum absolute atomic E-state index is 0.351. The molecule has 1 unspecified atom stereocenters. The minimum Gasteiger partial charge on any atom is -0.481 e. The van der Waals surface area contributed by atoms with Crippen LogP contribution in [0, 0.1) is 0 Å². The van der Waals surface area contributed by atoms with Crippen molar-refractivity contribution in [1.82, 2.24) is 0 Å². The highest BCUT2D eigenvalue weighted by Gasteiger charge is 2.26. The van der Waals surface area contributed by atoms with Crippen molar-refractivity contribution in [2.75, 3.05) is 10.6 Å². The van der Waals surface area contributed by atoms with E-state index in [1.165, 1.54) is 0 Å². The molecule has 0 heterocycles. The number of carbonyl (C=O) groups is 2. The van der Waals surface area contributed by atoms with Crippen LogP contribution in [0.1, 0.15) is 22.6 Å². The Hall–Kier alpha value is -3.42. The van der Waals surface area contributed by atoms with E-state index in [4.69, 9.17) is 46.4 Å². The molecule has 0 aliphatic carbocycles. The summed E-state index contributed by atoms with van der Waals surface area (Å²) in [5, 5.41) is 27.5. The molecule has 0 fully saturated rings. The molecule has 0 aliphatic rings. The first-order valence-corrected chi connectivity index (χ1v) is 12.7. The number of rotatable bonds is 9. The van der Waals surface area contributed by atoms with Crippen LogP contribution in [0.15, 0.2) is 78.9 Å². The Kier molecular flexibility index (Phi) is 8.69. The molecule has 4 aromatic carbocycles. The Morgan fingerprint density at radius 3 is 1.74 bits per heavy atom. The van der Waals surface area contributed by atoms with E-state index in [9.17, 15) is 19.8 Å². The Bertz CT molecular complexity index is 1490. The zero-order valence-corrected chi connectivity index (χ0v) is 22.5. The summed E-state index contributed by atoms with van der Waals surface area (Å²) in [6.07, 6.45) is -0.361. The molecule has 0 bridgehead atoms. The smallest absolute Gasteiger partial charge is 0.315 e. The number of halogens is 4. The SMILES string of the molecule is O=C(O)Cc1cc(C(C(=O)O)c2ccccc2Nc2c(Cl)cccc2Cl)ccc1Nc1c(Cl)cccc1Cl. The third-order valence-electron chi connectivity index (χ3n) is 5.77. The lowest BCUT2D eigenvalue weighted by atomic mass is 9.88. The van der Waals surface area contributed by atoms with E-state index in [0.29, 0.717) is 59.5 Å². The lowest BCUT2D eigenvalue weighted by molar-refractivity contribution is -0.138. The Balaban J connectivity index is 1.79. The van der Waals surface area contributed by atoms with Crippen molar-refractivity contribution in [3.05, 3.63) is 116 Å². The van der Waals surface area contributed by atoms with Crippen molar-refractivity contribution in [2.45, 2.75) is 12.3 Å². The summed E-state index contributed by atoms with van der Waals surface area (Å²) < 4.78 is 0. The van der Waals surface area contributed by atoms with E-state index in [1.807, 2.05) is 0 Å². The van der Waals surface area contributed by atoms with E-state index < -0.39 is 17.9 Å². The summed E-state index contributed by atoms with van der Waals surface area (Å²) in [6, 6.07) is 21.7. The normalized spacial score (nSPS) is 11.6. The van der Waals surface area contributed by atoms with Crippen molar-refractivity contribution < 1.29 is 19.8 Å². The maximum Gasteiger partial charge on any atom is 0.315 e. The van der Waals surface area contributed by atoms with Crippen molar-refractivity contribution in [3.8, 4) is 0 Å². The fourth-order valence-corrected chi connectivity index (χ4v) is 5.03. The molecule has 4 aromatic rings. The number of nitrogens with one attached hydrogen (secondary N) is 2. The predicted molar refractivity (Wildman–Crippen MR) is 153 cm³/mol. The van der Waals surface area contributed by atoms with E-state index >= 15 is 0 Å². The number of carboxylic acid groups (broad SMARTS) is 2. The molecule has 0 aromatic heterocycles. The highest BCUT2D eigenvalue weighted by molar-refractivity contribution is 6.39. The summed E-state index contributed by atoms with van der Waals surface area (Å²) in [5.41, 5.74) is 2.95. The number of aliphatic carboxylic acids is 2. The Labute approximate surface area is 238 Å². The molecule has 0 spiro atoms. The lowest BCUT2D eigenvalue weighted by Gasteiger charge is -2.21. The Morgan fingerprint density at radius 1 is 0.684 bits per heavy atom. The molecule has 0 aliphatic heterocycles. The van der Waals surface area contributed by atoms with Crippen LogP contribution in [0.2, 0.25) is 20.1 Å². The van der Waals surface area contributed by atoms with Crippen LogP contribution in [0.25, 0.3) is 0 Å². The fourth-order valence-electron chi connectivity index (χ4n) is 4.05. The van der Waals surface area contributed by atoms with Gasteiger partial charge in [0.05, 0.1) is 37.9 Å². The standard InChI is InChI=1S/C28H20Cl4N2O4/c29-18-6-3-7-19(30)26(18)33-22-12-11-15(13-16(22)14-24(35)36)25(28(37)38)17-5-1-2-10-23(17)34-27-20(31)8-4-9-21(27)32/h1-13,25,33-34H,14H2,(H,35,36)(H,37,38). The molecular weight excluding hydrogens is 570 g/mol. The topological polar surface area (TPSA) is 98.7 Å². The van der Waals surface area contributed by atoms with E-state index in [2.05, 4.69) is 10.6 Å². The van der Waals surface area contributed by atoms with Crippen LogP contribution >= 0.6 is 46.4 Å². The van der Waals surface area contributed by atoms with Crippen molar-refractivity contribution in [2.24, 2.45) is 0 Å². The van der Waals surface area contributed by atoms with Gasteiger partial charge in [0, 0.05) is 11.4 Å². The second kappa shape index (κ2) is 12.0. The average Bonchev–Trinajstić information content (AvgIpc) is 2.85. The number of benzene rings is 4. The molecule has 38 heavy (non-hydrogen) atoms. The molecule has 0 saturated carbocycles. The Morgan fingerprint density at radius 2 is 1.21 bits per heavy atom. The highest BCUT2D eigenvalue weighted by Crippen LogP contribution is 2.39. The summed E-state index contributed by atoms with van der Waals surface area (Å²) in [4.78, 5) is 24.3. The molecule has 6 nitrogen and oxygen atoms in total. The quantitative estimate of drug-likeness (QED) is 0.156. The van der Waals surface area contributed by atoms with Crippen molar-refractivity contribution >= 4 is 81.1 Å². The molecule has 4 N–H and O–H groups in total. The first-order chi connectivity index (χ1) is 18.2. The van der Waals surface area contributed by atoms with E-state index in [0.717, 1.165) is 0 Å². The first-order valence-electron chi connectivity index (χ1n) is 11.2. The van der Waals surface area contributed by atoms with Gasteiger partial charge in [0.1, 0.15) is 5.92 Å². The van der Waals surface area contributed by atoms with Crippen molar-refractivity contribution in [1.29, 1.82) is 0 Å². The monoisotopic (exact) mass is 588 g/mol. The second-order valence-electron chi connectivity index (χ2n) is 8.29.